The van der Waals surface area contributed by atoms with Gasteiger partial charge in [0, 0.05) is 5.56 Å². The summed E-state index contributed by atoms with van der Waals surface area (Å²) in [6.45, 7) is 0. The second-order valence-corrected chi connectivity index (χ2v) is 6.25. The molecule has 29 heavy (non-hydrogen) atoms. The lowest BCUT2D eigenvalue weighted by molar-refractivity contribution is -0.137. The number of carbonyl (C=O) groups is 2. The third kappa shape index (κ3) is 4.43. The van der Waals surface area contributed by atoms with Crippen molar-refractivity contribution in [3.63, 3.8) is 0 Å². The van der Waals surface area contributed by atoms with Crippen molar-refractivity contribution >= 4 is 29.2 Å². The van der Waals surface area contributed by atoms with Crippen LogP contribution in [0.1, 0.15) is 26.5 Å². The van der Waals surface area contributed by atoms with Crippen LogP contribution in [0.4, 0.5) is 18.9 Å². The number of furan rings is 1. The molecule has 1 aromatic heterocycles. The van der Waals surface area contributed by atoms with Crippen LogP contribution < -0.4 is 5.32 Å². The molecule has 0 spiro atoms. The minimum absolute atomic E-state index is 0.0542. The molecule has 0 aliphatic rings. The van der Waals surface area contributed by atoms with Crippen LogP contribution in [0.15, 0.2) is 59.0 Å². The molecule has 1 amide bonds. The number of rotatable bonds is 4. The van der Waals surface area contributed by atoms with Gasteiger partial charge in [-0.2, -0.15) is 13.2 Å². The van der Waals surface area contributed by atoms with Crippen LogP contribution in [0.5, 0.6) is 0 Å². The molecule has 0 aliphatic heterocycles. The van der Waals surface area contributed by atoms with Crippen LogP contribution in [0, 0.1) is 0 Å². The minimum atomic E-state index is -4.63. The summed E-state index contributed by atoms with van der Waals surface area (Å²) < 4.78 is 49.2. The van der Waals surface area contributed by atoms with Gasteiger partial charge in [-0.3, -0.25) is 4.79 Å². The van der Waals surface area contributed by atoms with Gasteiger partial charge in [-0.25, -0.2) is 4.79 Å². The lowest BCUT2D eigenvalue weighted by atomic mass is 10.1. The van der Waals surface area contributed by atoms with E-state index in [0.717, 1.165) is 12.1 Å². The standard InChI is InChI=1S/C20H13ClF3NO4/c1-28-19(27)12-4-2-3-5-15(12)25-18(26)17-9-8-16(29-17)11-6-7-14(21)13(10-11)20(22,23)24/h2-10H,1H3,(H,25,26). The molecule has 0 saturated heterocycles. The normalized spacial score (nSPS) is 11.2. The zero-order chi connectivity index (χ0) is 21.2. The van der Waals surface area contributed by atoms with Crippen molar-refractivity contribution in [3.05, 3.63) is 76.5 Å². The number of hydrogen-bond donors (Lipinski definition) is 1. The zero-order valence-electron chi connectivity index (χ0n) is 14.8. The Balaban J connectivity index is 1.86. The number of methoxy groups -OCH3 is 1. The highest BCUT2D eigenvalue weighted by molar-refractivity contribution is 6.31. The van der Waals surface area contributed by atoms with Gasteiger partial charge in [0.1, 0.15) is 5.76 Å². The van der Waals surface area contributed by atoms with E-state index in [4.69, 9.17) is 16.0 Å². The maximum absolute atomic E-state index is 13.0. The summed E-state index contributed by atoms with van der Waals surface area (Å²) in [5, 5.41) is 2.08. The van der Waals surface area contributed by atoms with E-state index in [1.54, 1.807) is 12.1 Å². The fourth-order valence-electron chi connectivity index (χ4n) is 2.57. The fourth-order valence-corrected chi connectivity index (χ4v) is 2.80. The van der Waals surface area contributed by atoms with E-state index >= 15 is 0 Å². The van der Waals surface area contributed by atoms with E-state index in [2.05, 4.69) is 10.1 Å². The molecule has 9 heteroatoms. The van der Waals surface area contributed by atoms with E-state index in [-0.39, 0.29) is 28.3 Å². The van der Waals surface area contributed by atoms with Gasteiger partial charge in [0.15, 0.2) is 5.76 Å². The number of para-hydroxylation sites is 1. The van der Waals surface area contributed by atoms with Gasteiger partial charge < -0.3 is 14.5 Å². The molecular formula is C20H13ClF3NO4. The monoisotopic (exact) mass is 423 g/mol. The summed E-state index contributed by atoms with van der Waals surface area (Å²) in [6.07, 6.45) is -4.63. The summed E-state index contributed by atoms with van der Waals surface area (Å²) in [4.78, 5) is 24.2. The smallest absolute Gasteiger partial charge is 0.417 e. The number of esters is 1. The highest BCUT2D eigenvalue weighted by Crippen LogP contribution is 2.37. The van der Waals surface area contributed by atoms with Crippen molar-refractivity contribution in [2.45, 2.75) is 6.18 Å². The summed E-state index contributed by atoms with van der Waals surface area (Å²) in [5.74, 6) is -1.42. The van der Waals surface area contributed by atoms with E-state index < -0.39 is 28.6 Å². The average molecular weight is 424 g/mol. The van der Waals surface area contributed by atoms with Crippen LogP contribution >= 0.6 is 11.6 Å². The molecule has 0 saturated carbocycles. The average Bonchev–Trinajstić information content (AvgIpc) is 3.17. The predicted octanol–water partition coefficient (Wildman–Crippen LogP) is 5.66. The SMILES string of the molecule is COC(=O)c1ccccc1NC(=O)c1ccc(-c2ccc(Cl)c(C(F)(F)F)c2)o1. The number of amides is 1. The topological polar surface area (TPSA) is 68.5 Å². The number of benzene rings is 2. The number of hydrogen-bond acceptors (Lipinski definition) is 4. The summed E-state index contributed by atoms with van der Waals surface area (Å²) >= 11 is 5.61. The van der Waals surface area contributed by atoms with Crippen LogP contribution in [-0.2, 0) is 10.9 Å². The van der Waals surface area contributed by atoms with Crippen molar-refractivity contribution in [2.24, 2.45) is 0 Å². The Morgan fingerprint density at radius 2 is 1.79 bits per heavy atom. The van der Waals surface area contributed by atoms with Gasteiger partial charge in [-0.1, -0.05) is 23.7 Å². The second-order valence-electron chi connectivity index (χ2n) is 5.85. The Morgan fingerprint density at radius 1 is 1.07 bits per heavy atom. The Morgan fingerprint density at radius 3 is 2.48 bits per heavy atom. The molecule has 2 aromatic carbocycles. The molecule has 0 bridgehead atoms. The van der Waals surface area contributed by atoms with Gasteiger partial charge in [0.25, 0.3) is 5.91 Å². The highest BCUT2D eigenvalue weighted by Gasteiger charge is 2.33. The largest absolute Gasteiger partial charge is 0.465 e. The maximum Gasteiger partial charge on any atom is 0.417 e. The summed E-state index contributed by atoms with van der Waals surface area (Å²) in [7, 11) is 1.21. The van der Waals surface area contributed by atoms with Gasteiger partial charge in [-0.05, 0) is 42.5 Å². The summed E-state index contributed by atoms with van der Waals surface area (Å²) in [6, 6.07) is 12.2. The number of halogens is 4. The van der Waals surface area contributed by atoms with Crippen LogP contribution in [-0.4, -0.2) is 19.0 Å². The van der Waals surface area contributed by atoms with E-state index in [1.807, 2.05) is 0 Å². The van der Waals surface area contributed by atoms with Gasteiger partial charge >= 0.3 is 12.1 Å². The molecule has 3 rings (SSSR count). The first-order chi connectivity index (χ1) is 13.7. The van der Waals surface area contributed by atoms with Crippen molar-refractivity contribution in [1.82, 2.24) is 0 Å². The minimum Gasteiger partial charge on any atom is -0.465 e. The van der Waals surface area contributed by atoms with Crippen LogP contribution in [0.25, 0.3) is 11.3 Å². The lowest BCUT2D eigenvalue weighted by Gasteiger charge is -2.10. The molecule has 0 aliphatic carbocycles. The summed E-state index contributed by atoms with van der Waals surface area (Å²) in [5.41, 5.74) is -0.558. The molecule has 5 nitrogen and oxygen atoms in total. The molecule has 3 aromatic rings. The molecule has 150 valence electrons. The Bertz CT molecular complexity index is 1080. The van der Waals surface area contributed by atoms with Gasteiger partial charge in [-0.15, -0.1) is 0 Å². The third-order valence-corrected chi connectivity index (χ3v) is 4.30. The Kier molecular flexibility index (Phi) is 5.65. The first-order valence-electron chi connectivity index (χ1n) is 8.16. The maximum atomic E-state index is 13.0. The van der Waals surface area contributed by atoms with Crippen molar-refractivity contribution < 1.29 is 31.9 Å². The molecule has 1 N–H and O–H groups in total. The number of nitrogens with one attached hydrogen (secondary N) is 1. The van der Waals surface area contributed by atoms with Gasteiger partial charge in [0.05, 0.1) is 28.9 Å². The molecule has 0 radical (unpaired) electrons. The van der Waals surface area contributed by atoms with Crippen molar-refractivity contribution in [1.29, 1.82) is 0 Å². The lowest BCUT2D eigenvalue weighted by Crippen LogP contribution is -2.14. The van der Waals surface area contributed by atoms with E-state index in [1.165, 1.54) is 37.4 Å². The number of carbonyl (C=O) groups excluding carboxylic acids is 2. The molecule has 0 unspecified atom stereocenters. The number of alkyl halides is 3. The van der Waals surface area contributed by atoms with Crippen molar-refractivity contribution in [2.75, 3.05) is 12.4 Å². The van der Waals surface area contributed by atoms with Crippen LogP contribution in [0.2, 0.25) is 5.02 Å². The van der Waals surface area contributed by atoms with Crippen molar-refractivity contribution in [3.8, 4) is 11.3 Å². The van der Waals surface area contributed by atoms with Gasteiger partial charge in [0.2, 0.25) is 0 Å². The molecule has 1 heterocycles. The number of anilines is 1. The second kappa shape index (κ2) is 8.00. The van der Waals surface area contributed by atoms with Crippen LogP contribution in [0.3, 0.4) is 0 Å². The molecule has 0 fully saturated rings. The Hall–Kier alpha value is -3.26. The Labute approximate surface area is 168 Å². The first-order valence-corrected chi connectivity index (χ1v) is 8.54. The molecular weight excluding hydrogens is 411 g/mol. The fraction of sp³-hybridized carbons (Fsp3) is 0.100. The van der Waals surface area contributed by atoms with E-state index in [0.29, 0.717) is 0 Å². The predicted molar refractivity (Wildman–Crippen MR) is 99.9 cm³/mol. The third-order valence-electron chi connectivity index (χ3n) is 3.97. The highest BCUT2D eigenvalue weighted by atomic mass is 35.5. The quantitative estimate of drug-likeness (QED) is 0.550. The molecule has 0 atom stereocenters. The zero-order valence-corrected chi connectivity index (χ0v) is 15.6. The number of ether oxygens (including phenoxy) is 1. The first kappa shape index (κ1) is 20.5. The van der Waals surface area contributed by atoms with E-state index in [9.17, 15) is 22.8 Å².